The lowest BCUT2D eigenvalue weighted by molar-refractivity contribution is 0.0700. The van der Waals surface area contributed by atoms with Gasteiger partial charge in [0.25, 0.3) is 11.8 Å². The van der Waals surface area contributed by atoms with E-state index >= 15 is 0 Å². The summed E-state index contributed by atoms with van der Waals surface area (Å²) in [4.78, 5) is 31.9. The third-order valence-corrected chi connectivity index (χ3v) is 6.19. The summed E-state index contributed by atoms with van der Waals surface area (Å²) in [5, 5.41) is 2.98. The summed E-state index contributed by atoms with van der Waals surface area (Å²) in [5.74, 6) is -2.60. The lowest BCUT2D eigenvalue weighted by atomic mass is 9.89. The van der Waals surface area contributed by atoms with Crippen LogP contribution in [0.5, 0.6) is 0 Å². The standard InChI is InChI=1S/C27H27F2N3O2/c1-17-5-3-6-19(15-17)16-30-26(33)21-10-9-18(2)31-25(21)20-11-13-32(14-12-20)27(34)24-22(28)7-4-8-23(24)29/h3-10,15,20H,11-14,16H2,1-2H3,(H,30,33). The van der Waals surface area contributed by atoms with Crippen LogP contribution in [0.2, 0.25) is 0 Å². The molecule has 7 heteroatoms. The van der Waals surface area contributed by atoms with Crippen LogP contribution in [0.25, 0.3) is 0 Å². The van der Waals surface area contributed by atoms with Gasteiger partial charge in [0.05, 0.1) is 11.3 Å². The zero-order chi connectivity index (χ0) is 24.2. The topological polar surface area (TPSA) is 62.3 Å². The minimum absolute atomic E-state index is 0.0332. The summed E-state index contributed by atoms with van der Waals surface area (Å²) < 4.78 is 28.1. The summed E-state index contributed by atoms with van der Waals surface area (Å²) in [5.41, 5.74) is 3.64. The van der Waals surface area contributed by atoms with Crippen molar-refractivity contribution in [1.29, 1.82) is 0 Å². The van der Waals surface area contributed by atoms with E-state index in [1.807, 2.05) is 44.2 Å². The van der Waals surface area contributed by atoms with E-state index in [4.69, 9.17) is 0 Å². The van der Waals surface area contributed by atoms with Gasteiger partial charge in [-0.3, -0.25) is 14.6 Å². The predicted octanol–water partition coefficient (Wildman–Crippen LogP) is 4.93. The highest BCUT2D eigenvalue weighted by molar-refractivity contribution is 5.96. The lowest BCUT2D eigenvalue weighted by Crippen LogP contribution is -2.39. The van der Waals surface area contributed by atoms with E-state index in [-0.39, 0.29) is 11.8 Å². The average Bonchev–Trinajstić information content (AvgIpc) is 2.82. The van der Waals surface area contributed by atoms with Crippen LogP contribution in [0, 0.1) is 25.5 Å². The Morgan fingerprint density at radius 3 is 2.35 bits per heavy atom. The molecule has 1 N–H and O–H groups in total. The molecule has 2 heterocycles. The van der Waals surface area contributed by atoms with Gasteiger partial charge in [0.15, 0.2) is 0 Å². The van der Waals surface area contributed by atoms with Crippen molar-refractivity contribution in [3.8, 4) is 0 Å². The maximum atomic E-state index is 14.1. The molecule has 2 aromatic carbocycles. The molecule has 2 amide bonds. The van der Waals surface area contributed by atoms with E-state index in [2.05, 4.69) is 10.3 Å². The van der Waals surface area contributed by atoms with Crippen LogP contribution in [-0.2, 0) is 6.54 Å². The number of aryl methyl sites for hydroxylation is 2. The van der Waals surface area contributed by atoms with E-state index in [1.165, 1.54) is 11.0 Å². The molecule has 1 aromatic heterocycles. The molecule has 5 nitrogen and oxygen atoms in total. The number of rotatable bonds is 5. The van der Waals surface area contributed by atoms with E-state index in [1.54, 1.807) is 6.07 Å². The normalized spacial score (nSPS) is 14.2. The van der Waals surface area contributed by atoms with Gasteiger partial charge in [0.1, 0.15) is 17.2 Å². The average molecular weight is 464 g/mol. The van der Waals surface area contributed by atoms with Gasteiger partial charge >= 0.3 is 0 Å². The van der Waals surface area contributed by atoms with Crippen molar-refractivity contribution in [2.75, 3.05) is 13.1 Å². The Labute approximate surface area is 197 Å². The largest absolute Gasteiger partial charge is 0.348 e. The number of nitrogens with zero attached hydrogens (tertiary/aromatic N) is 2. The minimum atomic E-state index is -0.861. The van der Waals surface area contributed by atoms with E-state index < -0.39 is 23.1 Å². The molecule has 0 aliphatic carbocycles. The summed E-state index contributed by atoms with van der Waals surface area (Å²) in [6.07, 6.45) is 1.10. The van der Waals surface area contributed by atoms with Gasteiger partial charge in [0, 0.05) is 31.2 Å². The van der Waals surface area contributed by atoms with Crippen molar-refractivity contribution in [3.05, 3.63) is 99.9 Å². The molecule has 0 radical (unpaired) electrons. The van der Waals surface area contributed by atoms with Gasteiger partial charge in [-0.1, -0.05) is 35.9 Å². The zero-order valence-corrected chi connectivity index (χ0v) is 19.3. The second kappa shape index (κ2) is 10.1. The minimum Gasteiger partial charge on any atom is -0.348 e. The fraction of sp³-hybridized carbons (Fsp3) is 0.296. The quantitative estimate of drug-likeness (QED) is 0.584. The Morgan fingerprint density at radius 1 is 1.00 bits per heavy atom. The number of amides is 2. The molecule has 1 aliphatic heterocycles. The molecule has 0 unspecified atom stereocenters. The maximum Gasteiger partial charge on any atom is 0.259 e. The van der Waals surface area contributed by atoms with Crippen molar-refractivity contribution in [2.24, 2.45) is 0 Å². The molecule has 34 heavy (non-hydrogen) atoms. The van der Waals surface area contributed by atoms with E-state index in [0.29, 0.717) is 43.7 Å². The lowest BCUT2D eigenvalue weighted by Gasteiger charge is -2.32. The van der Waals surface area contributed by atoms with Gasteiger partial charge in [-0.2, -0.15) is 0 Å². The number of benzene rings is 2. The number of halogens is 2. The molecule has 176 valence electrons. The molecule has 1 aliphatic rings. The number of carbonyl (C=O) groups is 2. The van der Waals surface area contributed by atoms with Gasteiger partial charge in [-0.15, -0.1) is 0 Å². The highest BCUT2D eigenvalue weighted by atomic mass is 19.1. The van der Waals surface area contributed by atoms with Gasteiger partial charge in [-0.25, -0.2) is 8.78 Å². The van der Waals surface area contributed by atoms with Crippen molar-refractivity contribution < 1.29 is 18.4 Å². The Hall–Kier alpha value is -3.61. The van der Waals surface area contributed by atoms with Crippen molar-refractivity contribution in [2.45, 2.75) is 39.2 Å². The van der Waals surface area contributed by atoms with E-state index in [9.17, 15) is 18.4 Å². The second-order valence-corrected chi connectivity index (χ2v) is 8.72. The molecule has 1 saturated heterocycles. The van der Waals surface area contributed by atoms with E-state index in [0.717, 1.165) is 29.0 Å². The number of likely N-dealkylation sites (tertiary alicyclic amines) is 1. The summed E-state index contributed by atoms with van der Waals surface area (Å²) >= 11 is 0. The predicted molar refractivity (Wildman–Crippen MR) is 126 cm³/mol. The van der Waals surface area contributed by atoms with Crippen LogP contribution < -0.4 is 5.32 Å². The molecular formula is C27H27F2N3O2. The Morgan fingerprint density at radius 2 is 1.68 bits per heavy atom. The Balaban J connectivity index is 1.46. The molecule has 3 aromatic rings. The highest BCUT2D eigenvalue weighted by Gasteiger charge is 2.30. The zero-order valence-electron chi connectivity index (χ0n) is 19.3. The van der Waals surface area contributed by atoms with Crippen LogP contribution in [0.4, 0.5) is 8.78 Å². The van der Waals surface area contributed by atoms with Gasteiger partial charge in [-0.05, 0) is 56.5 Å². The number of carbonyl (C=O) groups excluding carboxylic acids is 2. The van der Waals surface area contributed by atoms with Crippen LogP contribution in [0.1, 0.15) is 62.0 Å². The second-order valence-electron chi connectivity index (χ2n) is 8.72. The highest BCUT2D eigenvalue weighted by Crippen LogP contribution is 2.30. The molecule has 1 fully saturated rings. The van der Waals surface area contributed by atoms with Crippen LogP contribution in [0.15, 0.2) is 54.6 Å². The third-order valence-electron chi connectivity index (χ3n) is 6.19. The fourth-order valence-electron chi connectivity index (χ4n) is 4.40. The number of piperidine rings is 1. The first-order chi connectivity index (χ1) is 16.3. The molecule has 4 rings (SSSR count). The van der Waals surface area contributed by atoms with Crippen molar-refractivity contribution in [3.63, 3.8) is 0 Å². The maximum absolute atomic E-state index is 14.1. The van der Waals surface area contributed by atoms with Crippen LogP contribution >= 0.6 is 0 Å². The SMILES string of the molecule is Cc1cccc(CNC(=O)c2ccc(C)nc2C2CCN(C(=O)c3c(F)cccc3F)CC2)c1. The fourth-order valence-corrected chi connectivity index (χ4v) is 4.40. The number of aromatic nitrogens is 1. The molecule has 0 bridgehead atoms. The molecule has 0 spiro atoms. The monoisotopic (exact) mass is 463 g/mol. The first-order valence-corrected chi connectivity index (χ1v) is 11.4. The van der Waals surface area contributed by atoms with Crippen molar-refractivity contribution >= 4 is 11.8 Å². The molecule has 0 atom stereocenters. The first kappa shape index (κ1) is 23.5. The van der Waals surface area contributed by atoms with Crippen molar-refractivity contribution in [1.82, 2.24) is 15.2 Å². The number of pyridine rings is 1. The first-order valence-electron chi connectivity index (χ1n) is 11.4. The van der Waals surface area contributed by atoms with Gasteiger partial charge in [0.2, 0.25) is 0 Å². The number of hydrogen-bond acceptors (Lipinski definition) is 3. The molecular weight excluding hydrogens is 436 g/mol. The molecule has 0 saturated carbocycles. The van der Waals surface area contributed by atoms with Gasteiger partial charge < -0.3 is 10.2 Å². The number of hydrogen-bond donors (Lipinski definition) is 1. The summed E-state index contributed by atoms with van der Waals surface area (Å²) in [7, 11) is 0. The van der Waals surface area contributed by atoms with Crippen LogP contribution in [0.3, 0.4) is 0 Å². The number of nitrogens with one attached hydrogen (secondary N) is 1. The Bertz CT molecular complexity index is 1200. The smallest absolute Gasteiger partial charge is 0.259 e. The summed E-state index contributed by atoms with van der Waals surface area (Å²) in [6, 6.07) is 15.0. The third kappa shape index (κ3) is 5.14. The van der Waals surface area contributed by atoms with Crippen LogP contribution in [-0.4, -0.2) is 34.8 Å². The Kier molecular flexibility index (Phi) is 7.01. The summed E-state index contributed by atoms with van der Waals surface area (Å²) in [6.45, 7) is 4.95.